The van der Waals surface area contributed by atoms with Crippen LogP contribution in [0.5, 0.6) is 5.75 Å². The van der Waals surface area contributed by atoms with Crippen molar-refractivity contribution in [3.05, 3.63) is 58.1 Å². The topological polar surface area (TPSA) is 45.7 Å². The number of carbonyl (C=O) groups is 1. The summed E-state index contributed by atoms with van der Waals surface area (Å²) in [5.41, 5.74) is 1.44. The zero-order valence-corrected chi connectivity index (χ0v) is 19.4. The van der Waals surface area contributed by atoms with E-state index in [1.165, 1.54) is 17.4 Å². The van der Waals surface area contributed by atoms with Crippen LogP contribution in [0, 0.1) is 0 Å². The number of methoxy groups -OCH3 is 1. The number of aromatic nitrogens is 1. The van der Waals surface area contributed by atoms with Crippen molar-refractivity contribution in [1.29, 1.82) is 0 Å². The van der Waals surface area contributed by atoms with Crippen molar-refractivity contribution in [2.45, 2.75) is 6.42 Å². The highest BCUT2D eigenvalue weighted by molar-refractivity contribution is 7.23. The predicted molar refractivity (Wildman–Crippen MR) is 127 cm³/mol. The van der Waals surface area contributed by atoms with Crippen LogP contribution in [-0.2, 0) is 4.79 Å². The number of benzene rings is 2. The summed E-state index contributed by atoms with van der Waals surface area (Å²) in [6.07, 6.45) is 4.06. The minimum Gasteiger partial charge on any atom is -0.494 e. The highest BCUT2D eigenvalue weighted by Crippen LogP contribution is 2.38. The highest BCUT2D eigenvalue weighted by Gasteiger charge is 2.20. The average molecular weight is 464 g/mol. The number of hydrogen-bond donors (Lipinski definition) is 0. The number of ether oxygens (including phenoxy) is 1. The Morgan fingerprint density at radius 1 is 1.13 bits per heavy atom. The van der Waals surface area contributed by atoms with E-state index in [-0.39, 0.29) is 5.91 Å². The molecule has 0 aliphatic heterocycles. The molecule has 0 bridgehead atoms. The van der Waals surface area contributed by atoms with E-state index in [2.05, 4.69) is 9.88 Å². The van der Waals surface area contributed by atoms with Gasteiger partial charge in [-0.2, -0.15) is 0 Å². The third kappa shape index (κ3) is 5.32. The molecule has 5 nitrogen and oxygen atoms in total. The molecule has 0 N–H and O–H groups in total. The van der Waals surface area contributed by atoms with Gasteiger partial charge in [0.2, 0.25) is 0 Å². The van der Waals surface area contributed by atoms with Crippen molar-refractivity contribution in [2.75, 3.05) is 39.2 Å². The van der Waals surface area contributed by atoms with Gasteiger partial charge >= 0.3 is 0 Å². The second kappa shape index (κ2) is 10.3. The van der Waals surface area contributed by atoms with Crippen LogP contribution in [0.3, 0.4) is 0 Å². The van der Waals surface area contributed by atoms with E-state index in [1.54, 1.807) is 36.3 Å². The molecule has 0 radical (unpaired) electrons. The smallest absolute Gasteiger partial charge is 0.252 e. The lowest BCUT2D eigenvalue weighted by molar-refractivity contribution is -0.114. The van der Waals surface area contributed by atoms with Crippen molar-refractivity contribution < 1.29 is 9.53 Å². The summed E-state index contributed by atoms with van der Waals surface area (Å²) in [6, 6.07) is 11.0. The highest BCUT2D eigenvalue weighted by atomic mass is 35.5. The molecule has 0 unspecified atom stereocenters. The molecule has 0 atom stereocenters. The zero-order valence-electron chi connectivity index (χ0n) is 17.1. The first kappa shape index (κ1) is 22.6. The number of rotatable bonds is 8. The standard InChI is InChI=1S/C22H23Cl2N3O2S/c1-26(2)13-6-14-27(19(28)12-9-15-7-4-5-8-16(15)23)22-25-20-18(29-3)11-10-17(24)21(20)30-22/h4-5,7-12H,6,13-14H2,1-3H3/b12-9+. The fourth-order valence-electron chi connectivity index (χ4n) is 2.93. The van der Waals surface area contributed by atoms with E-state index in [1.807, 2.05) is 32.3 Å². The second-order valence-corrected chi connectivity index (χ2v) is 8.72. The van der Waals surface area contributed by atoms with Crippen molar-refractivity contribution >= 4 is 61.9 Å². The number of carbonyl (C=O) groups excluding carboxylic acids is 1. The Morgan fingerprint density at radius 3 is 2.60 bits per heavy atom. The normalized spacial score (nSPS) is 11.5. The second-order valence-electron chi connectivity index (χ2n) is 6.93. The van der Waals surface area contributed by atoms with Gasteiger partial charge in [0.05, 0.1) is 16.8 Å². The van der Waals surface area contributed by atoms with Crippen LogP contribution >= 0.6 is 34.5 Å². The van der Waals surface area contributed by atoms with Crippen LogP contribution in [0.15, 0.2) is 42.5 Å². The van der Waals surface area contributed by atoms with Crippen LogP contribution in [0.25, 0.3) is 16.3 Å². The predicted octanol–water partition coefficient (Wildman–Crippen LogP) is 5.61. The third-order valence-electron chi connectivity index (χ3n) is 4.46. The Morgan fingerprint density at radius 2 is 1.90 bits per heavy atom. The molecular weight excluding hydrogens is 441 g/mol. The SMILES string of the molecule is COc1ccc(Cl)c2sc(N(CCCN(C)C)C(=O)/C=C/c3ccccc3Cl)nc12. The summed E-state index contributed by atoms with van der Waals surface area (Å²) in [4.78, 5) is 21.5. The third-order valence-corrected chi connectivity index (χ3v) is 6.34. The summed E-state index contributed by atoms with van der Waals surface area (Å²) in [6.45, 7) is 1.39. The molecule has 1 aromatic heterocycles. The number of hydrogen-bond acceptors (Lipinski definition) is 5. The van der Waals surface area contributed by atoms with Crippen molar-refractivity contribution in [3.63, 3.8) is 0 Å². The largest absolute Gasteiger partial charge is 0.494 e. The molecule has 1 heterocycles. The zero-order chi connectivity index (χ0) is 21.7. The van der Waals surface area contributed by atoms with Gasteiger partial charge in [-0.15, -0.1) is 0 Å². The molecule has 0 aliphatic rings. The molecule has 1 amide bonds. The number of halogens is 2. The Kier molecular flexibility index (Phi) is 7.72. The lowest BCUT2D eigenvalue weighted by atomic mass is 10.2. The lowest BCUT2D eigenvalue weighted by Gasteiger charge is -2.19. The van der Waals surface area contributed by atoms with E-state index in [0.29, 0.717) is 33.0 Å². The van der Waals surface area contributed by atoms with Gasteiger partial charge in [-0.3, -0.25) is 9.69 Å². The van der Waals surface area contributed by atoms with Crippen molar-refractivity contribution in [2.24, 2.45) is 0 Å². The summed E-state index contributed by atoms with van der Waals surface area (Å²) < 4.78 is 6.21. The first-order valence-electron chi connectivity index (χ1n) is 9.42. The lowest BCUT2D eigenvalue weighted by Crippen LogP contribution is -2.32. The van der Waals surface area contributed by atoms with Crippen LogP contribution in [-0.4, -0.2) is 50.1 Å². The van der Waals surface area contributed by atoms with Gasteiger partial charge in [0.25, 0.3) is 5.91 Å². The summed E-state index contributed by atoms with van der Waals surface area (Å²) in [5, 5.41) is 1.77. The maximum absolute atomic E-state index is 13.1. The number of fused-ring (bicyclic) bond motifs is 1. The van der Waals surface area contributed by atoms with E-state index < -0.39 is 0 Å². The fraction of sp³-hybridized carbons (Fsp3) is 0.273. The summed E-state index contributed by atoms with van der Waals surface area (Å²) >= 11 is 14.0. The Labute approximate surface area is 190 Å². The molecule has 2 aromatic carbocycles. The molecule has 0 fully saturated rings. The minimum atomic E-state index is -0.164. The van der Waals surface area contributed by atoms with Gasteiger partial charge < -0.3 is 9.64 Å². The molecular formula is C22H23Cl2N3O2S. The maximum atomic E-state index is 13.1. The Hall–Kier alpha value is -2.12. The van der Waals surface area contributed by atoms with Gasteiger partial charge in [0.15, 0.2) is 5.13 Å². The van der Waals surface area contributed by atoms with Crippen LogP contribution in [0.4, 0.5) is 5.13 Å². The van der Waals surface area contributed by atoms with E-state index in [9.17, 15) is 4.79 Å². The number of anilines is 1. The van der Waals surface area contributed by atoms with Gasteiger partial charge in [-0.05, 0) is 56.9 Å². The molecule has 30 heavy (non-hydrogen) atoms. The van der Waals surface area contributed by atoms with E-state index in [0.717, 1.165) is 23.2 Å². The Bertz CT molecular complexity index is 1070. The quantitative estimate of drug-likeness (QED) is 0.407. The van der Waals surface area contributed by atoms with Gasteiger partial charge in [-0.25, -0.2) is 4.98 Å². The molecule has 158 valence electrons. The van der Waals surface area contributed by atoms with Crippen molar-refractivity contribution in [3.8, 4) is 5.75 Å². The first-order chi connectivity index (χ1) is 14.4. The minimum absolute atomic E-state index is 0.164. The number of thiazole rings is 1. The molecule has 3 aromatic rings. The van der Waals surface area contributed by atoms with E-state index in [4.69, 9.17) is 27.9 Å². The molecule has 0 saturated heterocycles. The van der Waals surface area contributed by atoms with Crippen LogP contribution in [0.1, 0.15) is 12.0 Å². The molecule has 0 spiro atoms. The van der Waals surface area contributed by atoms with Crippen LogP contribution in [0.2, 0.25) is 10.0 Å². The molecule has 3 rings (SSSR count). The van der Waals surface area contributed by atoms with E-state index >= 15 is 0 Å². The van der Waals surface area contributed by atoms with Crippen molar-refractivity contribution in [1.82, 2.24) is 9.88 Å². The molecule has 0 aliphatic carbocycles. The van der Waals surface area contributed by atoms with Crippen LogP contribution < -0.4 is 9.64 Å². The van der Waals surface area contributed by atoms with Gasteiger partial charge in [0.1, 0.15) is 11.3 Å². The molecule has 8 heteroatoms. The maximum Gasteiger partial charge on any atom is 0.252 e. The fourth-order valence-corrected chi connectivity index (χ4v) is 4.41. The average Bonchev–Trinajstić information content (AvgIpc) is 3.16. The monoisotopic (exact) mass is 463 g/mol. The number of nitrogens with zero attached hydrogens (tertiary/aromatic N) is 3. The van der Waals surface area contributed by atoms with Gasteiger partial charge in [-0.1, -0.05) is 52.7 Å². The number of amides is 1. The van der Waals surface area contributed by atoms with Gasteiger partial charge in [0, 0.05) is 17.6 Å². The Balaban J connectivity index is 1.94. The summed E-state index contributed by atoms with van der Waals surface area (Å²) in [7, 11) is 5.60. The summed E-state index contributed by atoms with van der Waals surface area (Å²) in [5.74, 6) is 0.465. The molecule has 0 saturated carbocycles. The first-order valence-corrected chi connectivity index (χ1v) is 11.0.